The molecule has 8 heteroatoms. The van der Waals surface area contributed by atoms with Crippen molar-refractivity contribution in [2.75, 3.05) is 26.2 Å². The second-order valence-electron chi connectivity index (χ2n) is 5.60. The number of hydrogen-bond donors (Lipinski definition) is 1. The molecule has 0 bridgehead atoms. The van der Waals surface area contributed by atoms with Crippen molar-refractivity contribution < 1.29 is 22.7 Å². The van der Waals surface area contributed by atoms with Crippen LogP contribution < -0.4 is 5.32 Å². The number of nitrogens with one attached hydrogen (secondary N) is 1. The first-order valence-corrected chi connectivity index (χ1v) is 7.07. The summed E-state index contributed by atoms with van der Waals surface area (Å²) in [5.74, 6) is 0.0975. The molecular formula is C13H22ClF3N2O2. The van der Waals surface area contributed by atoms with Crippen LogP contribution in [0.4, 0.5) is 13.2 Å². The first-order valence-electron chi connectivity index (χ1n) is 7.07. The average molecular weight is 331 g/mol. The van der Waals surface area contributed by atoms with Crippen molar-refractivity contribution in [1.29, 1.82) is 0 Å². The van der Waals surface area contributed by atoms with Crippen LogP contribution in [0.2, 0.25) is 0 Å². The molecule has 2 aliphatic rings. The number of amides is 1. The molecule has 0 spiro atoms. The number of hydrogen-bond acceptors (Lipinski definition) is 3. The highest BCUT2D eigenvalue weighted by atomic mass is 35.5. The summed E-state index contributed by atoms with van der Waals surface area (Å²) >= 11 is 0. The maximum Gasteiger partial charge on any atom is 0.390 e. The van der Waals surface area contributed by atoms with Gasteiger partial charge in [0.25, 0.3) is 0 Å². The van der Waals surface area contributed by atoms with E-state index < -0.39 is 18.6 Å². The van der Waals surface area contributed by atoms with Crippen LogP contribution in [0.1, 0.15) is 26.2 Å². The van der Waals surface area contributed by atoms with Gasteiger partial charge in [-0.25, -0.2) is 0 Å². The summed E-state index contributed by atoms with van der Waals surface area (Å²) in [5, 5.41) is 3.04. The van der Waals surface area contributed by atoms with Gasteiger partial charge < -0.3 is 15.0 Å². The summed E-state index contributed by atoms with van der Waals surface area (Å²) < 4.78 is 42.5. The Kier molecular flexibility index (Phi) is 6.74. The van der Waals surface area contributed by atoms with Gasteiger partial charge in [-0.05, 0) is 25.7 Å². The van der Waals surface area contributed by atoms with Gasteiger partial charge in [-0.3, -0.25) is 4.79 Å². The third-order valence-corrected chi connectivity index (χ3v) is 3.73. The van der Waals surface area contributed by atoms with Crippen molar-refractivity contribution in [2.24, 2.45) is 5.92 Å². The zero-order chi connectivity index (χ0) is 14.8. The second kappa shape index (κ2) is 7.65. The van der Waals surface area contributed by atoms with E-state index in [0.29, 0.717) is 25.6 Å². The number of carbonyl (C=O) groups excluding carboxylic acids is 1. The number of alkyl halides is 3. The van der Waals surface area contributed by atoms with E-state index in [1.165, 1.54) is 4.90 Å². The van der Waals surface area contributed by atoms with E-state index in [1.54, 1.807) is 6.92 Å². The maximum atomic E-state index is 12.4. The lowest BCUT2D eigenvalue weighted by molar-refractivity contribution is -0.150. The molecule has 0 aromatic heterocycles. The molecule has 2 rings (SSSR count). The molecule has 0 aromatic carbocycles. The Bertz CT molecular complexity index is 351. The van der Waals surface area contributed by atoms with E-state index >= 15 is 0 Å². The zero-order valence-electron chi connectivity index (χ0n) is 12.0. The van der Waals surface area contributed by atoms with Crippen molar-refractivity contribution in [3.8, 4) is 0 Å². The first kappa shape index (κ1) is 18.5. The number of carbonyl (C=O) groups is 1. The maximum absolute atomic E-state index is 12.4. The van der Waals surface area contributed by atoms with Crippen LogP contribution in [0.3, 0.4) is 0 Å². The quantitative estimate of drug-likeness (QED) is 0.838. The summed E-state index contributed by atoms with van der Waals surface area (Å²) in [6, 6.07) is -0.532. The molecular weight excluding hydrogens is 309 g/mol. The number of nitrogens with zero attached hydrogens (tertiary/aromatic N) is 1. The Balaban J connectivity index is 0.00000220. The Hall–Kier alpha value is -0.530. The Morgan fingerprint density at radius 3 is 2.57 bits per heavy atom. The fourth-order valence-electron chi connectivity index (χ4n) is 2.37. The van der Waals surface area contributed by atoms with Crippen LogP contribution in [-0.2, 0) is 9.53 Å². The topological polar surface area (TPSA) is 41.6 Å². The van der Waals surface area contributed by atoms with Gasteiger partial charge in [0.1, 0.15) is 6.04 Å². The first-order chi connectivity index (χ1) is 9.37. The second-order valence-corrected chi connectivity index (χ2v) is 5.60. The molecule has 21 heavy (non-hydrogen) atoms. The number of morpholine rings is 1. The number of rotatable bonds is 5. The molecule has 1 amide bonds. The highest BCUT2D eigenvalue weighted by molar-refractivity contribution is 5.85. The van der Waals surface area contributed by atoms with E-state index in [0.717, 1.165) is 12.8 Å². The molecule has 1 saturated heterocycles. The van der Waals surface area contributed by atoms with E-state index in [-0.39, 0.29) is 31.0 Å². The molecule has 1 N–H and O–H groups in total. The zero-order valence-corrected chi connectivity index (χ0v) is 12.8. The number of ether oxygens (including phenoxy) is 1. The lowest BCUT2D eigenvalue weighted by Crippen LogP contribution is -2.57. The standard InChI is InChI=1S/C13H21F3N2O2.ClH/c1-9-11(17-5-7-20-9)12(19)18(8-10-2-3-10)6-4-13(14,15)16;/h9-11,17H,2-8H2,1H3;1H/t9-,11+;/m1./s1. The molecule has 1 heterocycles. The molecule has 0 radical (unpaired) electrons. The molecule has 2 atom stereocenters. The van der Waals surface area contributed by atoms with Crippen LogP contribution in [0, 0.1) is 5.92 Å². The summed E-state index contributed by atoms with van der Waals surface area (Å²) in [6.07, 6.45) is -3.49. The van der Waals surface area contributed by atoms with Crippen LogP contribution in [0.5, 0.6) is 0 Å². The number of halogens is 4. The molecule has 1 aliphatic heterocycles. The summed E-state index contributed by atoms with van der Waals surface area (Å²) in [6.45, 7) is 3.02. The highest BCUT2D eigenvalue weighted by Crippen LogP contribution is 2.31. The molecule has 4 nitrogen and oxygen atoms in total. The van der Waals surface area contributed by atoms with Gasteiger partial charge in [-0.1, -0.05) is 0 Å². The van der Waals surface area contributed by atoms with E-state index in [9.17, 15) is 18.0 Å². The SMILES string of the molecule is C[C@H]1OCCN[C@@H]1C(=O)N(CCC(F)(F)F)CC1CC1.Cl. The van der Waals surface area contributed by atoms with Gasteiger partial charge >= 0.3 is 6.18 Å². The lowest BCUT2D eigenvalue weighted by Gasteiger charge is -2.34. The molecule has 0 aromatic rings. The van der Waals surface area contributed by atoms with Crippen molar-refractivity contribution >= 4 is 18.3 Å². The molecule has 1 saturated carbocycles. The fraction of sp³-hybridized carbons (Fsp3) is 0.923. The largest absolute Gasteiger partial charge is 0.390 e. The van der Waals surface area contributed by atoms with Gasteiger partial charge in [0.2, 0.25) is 5.91 Å². The van der Waals surface area contributed by atoms with Crippen LogP contribution in [0.25, 0.3) is 0 Å². The summed E-state index contributed by atoms with van der Waals surface area (Å²) in [7, 11) is 0. The Labute approximate surface area is 128 Å². The van der Waals surface area contributed by atoms with Crippen LogP contribution in [-0.4, -0.2) is 55.4 Å². The van der Waals surface area contributed by atoms with E-state index in [4.69, 9.17) is 4.74 Å². The lowest BCUT2D eigenvalue weighted by atomic mass is 10.1. The molecule has 0 unspecified atom stereocenters. The van der Waals surface area contributed by atoms with Crippen molar-refractivity contribution in [3.63, 3.8) is 0 Å². The summed E-state index contributed by atoms with van der Waals surface area (Å²) in [4.78, 5) is 13.8. The highest BCUT2D eigenvalue weighted by Gasteiger charge is 2.36. The van der Waals surface area contributed by atoms with Crippen molar-refractivity contribution in [1.82, 2.24) is 10.2 Å². The van der Waals surface area contributed by atoms with Gasteiger partial charge in [-0.2, -0.15) is 13.2 Å². The van der Waals surface area contributed by atoms with Gasteiger partial charge in [-0.15, -0.1) is 12.4 Å². The molecule has 2 fully saturated rings. The molecule has 124 valence electrons. The minimum absolute atomic E-state index is 0. The van der Waals surface area contributed by atoms with Gasteiger partial charge in [0, 0.05) is 19.6 Å². The Morgan fingerprint density at radius 1 is 1.38 bits per heavy atom. The average Bonchev–Trinajstić information content (AvgIpc) is 3.17. The van der Waals surface area contributed by atoms with Crippen molar-refractivity contribution in [3.05, 3.63) is 0 Å². The van der Waals surface area contributed by atoms with Crippen LogP contribution in [0.15, 0.2) is 0 Å². The van der Waals surface area contributed by atoms with E-state index in [1.807, 2.05) is 0 Å². The van der Waals surface area contributed by atoms with Gasteiger partial charge in [0.15, 0.2) is 0 Å². The Morgan fingerprint density at radius 2 is 2.05 bits per heavy atom. The minimum Gasteiger partial charge on any atom is -0.375 e. The fourth-order valence-corrected chi connectivity index (χ4v) is 2.37. The minimum atomic E-state index is -4.23. The van der Waals surface area contributed by atoms with Crippen LogP contribution >= 0.6 is 12.4 Å². The summed E-state index contributed by atoms with van der Waals surface area (Å²) in [5.41, 5.74) is 0. The predicted molar refractivity (Wildman–Crippen MR) is 74.4 cm³/mol. The third-order valence-electron chi connectivity index (χ3n) is 3.73. The normalized spacial score (nSPS) is 26.1. The van der Waals surface area contributed by atoms with Gasteiger partial charge in [0.05, 0.1) is 19.1 Å². The smallest absolute Gasteiger partial charge is 0.375 e. The van der Waals surface area contributed by atoms with E-state index in [2.05, 4.69) is 5.32 Å². The molecule has 1 aliphatic carbocycles. The predicted octanol–water partition coefficient (Wildman–Crippen LogP) is 1.98. The van der Waals surface area contributed by atoms with Crippen molar-refractivity contribution in [2.45, 2.75) is 44.5 Å². The monoisotopic (exact) mass is 330 g/mol. The third kappa shape index (κ3) is 6.00.